The third-order valence-electron chi connectivity index (χ3n) is 4.21. The number of esters is 1. The zero-order chi connectivity index (χ0) is 14.3. The molecule has 2 aliphatic carbocycles. The van der Waals surface area contributed by atoms with E-state index in [1.165, 1.54) is 0 Å². The van der Waals surface area contributed by atoms with Crippen molar-refractivity contribution in [3.63, 3.8) is 0 Å². The number of hydrogen-bond donors (Lipinski definition) is 0. The van der Waals surface area contributed by atoms with Crippen LogP contribution in [0.1, 0.15) is 40.0 Å². The minimum Gasteiger partial charge on any atom is -0.457 e. The lowest BCUT2D eigenvalue weighted by atomic mass is 9.85. The fourth-order valence-corrected chi connectivity index (χ4v) is 3.23. The van der Waals surface area contributed by atoms with E-state index >= 15 is 0 Å². The van der Waals surface area contributed by atoms with Gasteiger partial charge in [0.25, 0.3) is 0 Å². The number of rotatable bonds is 2. The molecule has 0 aromatic rings. The van der Waals surface area contributed by atoms with Crippen LogP contribution in [0.5, 0.6) is 0 Å². The molecule has 2 nitrogen and oxygen atoms in total. The molecular weight excluding hydrogens is 236 g/mol. The van der Waals surface area contributed by atoms with Crippen LogP contribution in [0.15, 0.2) is 24.3 Å². The minimum absolute atomic E-state index is 0.139. The van der Waals surface area contributed by atoms with Crippen molar-refractivity contribution in [3.05, 3.63) is 24.3 Å². The molecule has 0 bridgehead atoms. The summed E-state index contributed by atoms with van der Waals surface area (Å²) in [6.45, 7) is 9.56. The first-order valence-electron chi connectivity index (χ1n) is 6.84. The Balaban J connectivity index is 2.02. The van der Waals surface area contributed by atoms with Crippen LogP contribution >= 0.6 is 0 Å². The molecule has 0 N–H and O–H groups in total. The van der Waals surface area contributed by atoms with Gasteiger partial charge >= 0.3 is 5.97 Å². The van der Waals surface area contributed by atoms with Crippen molar-refractivity contribution in [2.24, 2.45) is 17.3 Å². The molecule has 2 aliphatic rings. The maximum absolute atomic E-state index is 11.8. The molecule has 2 heteroatoms. The quantitative estimate of drug-likeness (QED) is 0.328. The van der Waals surface area contributed by atoms with E-state index in [4.69, 9.17) is 11.2 Å². The monoisotopic (exact) mass is 258 g/mol. The summed E-state index contributed by atoms with van der Waals surface area (Å²) in [6.07, 6.45) is 12.1. The fraction of sp³-hybridized carbons (Fsp3) is 0.588. The highest BCUT2D eigenvalue weighted by atomic mass is 16.6. The predicted octanol–water partition coefficient (Wildman–Crippen LogP) is 3.49. The number of ether oxygens (including phenoxy) is 1. The van der Waals surface area contributed by atoms with Gasteiger partial charge < -0.3 is 4.74 Å². The van der Waals surface area contributed by atoms with Crippen LogP contribution in [-0.2, 0) is 9.53 Å². The number of hydrogen-bond acceptors (Lipinski definition) is 2. The van der Waals surface area contributed by atoms with Gasteiger partial charge in [0.2, 0.25) is 0 Å². The Labute approximate surface area is 115 Å². The maximum Gasteiger partial charge on any atom is 0.331 e. The molecule has 0 radical (unpaired) electrons. The second-order valence-electron chi connectivity index (χ2n) is 6.61. The summed E-state index contributed by atoms with van der Waals surface area (Å²) in [6, 6.07) is 0. The topological polar surface area (TPSA) is 26.3 Å². The molecule has 2 fully saturated rings. The lowest BCUT2D eigenvalue weighted by Crippen LogP contribution is -2.23. The van der Waals surface area contributed by atoms with Gasteiger partial charge in [0, 0.05) is 17.4 Å². The molecule has 0 aromatic carbocycles. The van der Waals surface area contributed by atoms with Crippen molar-refractivity contribution in [1.82, 2.24) is 0 Å². The van der Waals surface area contributed by atoms with Gasteiger partial charge in [-0.1, -0.05) is 11.6 Å². The first-order chi connectivity index (χ1) is 8.82. The Hall–Kier alpha value is -1.49. The third-order valence-corrected chi connectivity index (χ3v) is 4.21. The summed E-state index contributed by atoms with van der Waals surface area (Å²) in [5, 5.41) is 0. The molecule has 0 heterocycles. The highest BCUT2D eigenvalue weighted by molar-refractivity contribution is 5.83. The van der Waals surface area contributed by atoms with Crippen LogP contribution in [-0.4, -0.2) is 11.6 Å². The first kappa shape index (κ1) is 13.9. The van der Waals surface area contributed by atoms with E-state index in [1.54, 1.807) is 6.08 Å². The second-order valence-corrected chi connectivity index (χ2v) is 6.61. The van der Waals surface area contributed by atoms with Gasteiger partial charge in [0.05, 0.1) is 0 Å². The minimum atomic E-state index is -0.436. The molecule has 0 aliphatic heterocycles. The second kappa shape index (κ2) is 4.56. The number of fused-ring (bicyclic) bond motifs is 1. The predicted molar refractivity (Wildman–Crippen MR) is 76.2 cm³/mol. The molecule has 3 atom stereocenters. The number of carbonyl (C=O) groups is 1. The molecule has 0 spiro atoms. The lowest BCUT2D eigenvalue weighted by Gasteiger charge is -2.21. The largest absolute Gasteiger partial charge is 0.457 e. The SMILES string of the molecule is C#C[C@@H]1[C@H]2C/C(=C\C(=O)OC(C)(C)C)CC[C@@]12C=C. The van der Waals surface area contributed by atoms with Crippen molar-refractivity contribution >= 4 is 5.97 Å². The standard InChI is InChI=1S/C17H22O2/c1-6-13-14-10-12(8-9-17(13,14)7-2)11-15(18)19-16(3,4)5/h1,7,11,13-14H,2,8-10H2,3-5H3/b12-11-/t13-,14-,17+/m1/s1. The van der Waals surface area contributed by atoms with Crippen LogP contribution in [0.25, 0.3) is 0 Å². The van der Waals surface area contributed by atoms with Gasteiger partial charge in [-0.2, -0.15) is 0 Å². The summed E-state index contributed by atoms with van der Waals surface area (Å²) < 4.78 is 5.32. The Morgan fingerprint density at radius 2 is 2.26 bits per heavy atom. The average molecular weight is 258 g/mol. The lowest BCUT2D eigenvalue weighted by molar-refractivity contribution is -0.148. The number of carbonyl (C=O) groups excluding carboxylic acids is 1. The molecular formula is C17H22O2. The van der Waals surface area contributed by atoms with E-state index in [-0.39, 0.29) is 11.4 Å². The molecule has 102 valence electrons. The molecule has 0 saturated heterocycles. The van der Waals surface area contributed by atoms with E-state index < -0.39 is 5.60 Å². The van der Waals surface area contributed by atoms with E-state index in [9.17, 15) is 4.79 Å². The number of terminal acetylenes is 1. The highest BCUT2D eigenvalue weighted by Gasteiger charge is 2.62. The molecule has 2 saturated carbocycles. The van der Waals surface area contributed by atoms with Crippen molar-refractivity contribution in [2.45, 2.75) is 45.6 Å². The van der Waals surface area contributed by atoms with Gasteiger partial charge in [-0.3, -0.25) is 0 Å². The summed E-state index contributed by atoms with van der Waals surface area (Å²) in [5.41, 5.74) is 0.865. The van der Waals surface area contributed by atoms with Crippen LogP contribution in [0.4, 0.5) is 0 Å². The van der Waals surface area contributed by atoms with Crippen molar-refractivity contribution < 1.29 is 9.53 Å². The highest BCUT2D eigenvalue weighted by Crippen LogP contribution is 2.67. The van der Waals surface area contributed by atoms with Gasteiger partial charge in [0.1, 0.15) is 5.60 Å². The summed E-state index contributed by atoms with van der Waals surface area (Å²) in [5.74, 6) is 3.40. The zero-order valence-corrected chi connectivity index (χ0v) is 12.0. The normalized spacial score (nSPS) is 35.2. The molecule has 2 rings (SSSR count). The van der Waals surface area contributed by atoms with Crippen molar-refractivity contribution in [2.75, 3.05) is 0 Å². The molecule has 19 heavy (non-hydrogen) atoms. The maximum atomic E-state index is 11.8. The van der Waals surface area contributed by atoms with E-state index in [2.05, 4.69) is 12.5 Å². The van der Waals surface area contributed by atoms with E-state index in [0.717, 1.165) is 24.8 Å². The Kier molecular flexibility index (Phi) is 3.34. The van der Waals surface area contributed by atoms with Gasteiger partial charge in [-0.05, 0) is 46.0 Å². The first-order valence-corrected chi connectivity index (χ1v) is 6.84. The number of allylic oxidation sites excluding steroid dienone is 2. The molecule has 0 amide bonds. The summed E-state index contributed by atoms with van der Waals surface area (Å²) in [7, 11) is 0. The fourth-order valence-electron chi connectivity index (χ4n) is 3.23. The third kappa shape index (κ3) is 2.61. The van der Waals surface area contributed by atoms with Crippen LogP contribution < -0.4 is 0 Å². The molecule has 0 unspecified atom stereocenters. The average Bonchev–Trinajstić information content (AvgIpc) is 2.94. The Morgan fingerprint density at radius 3 is 2.79 bits per heavy atom. The van der Waals surface area contributed by atoms with Crippen LogP contribution in [0.2, 0.25) is 0 Å². The Morgan fingerprint density at radius 1 is 1.58 bits per heavy atom. The smallest absolute Gasteiger partial charge is 0.331 e. The summed E-state index contributed by atoms with van der Waals surface area (Å²) >= 11 is 0. The summed E-state index contributed by atoms with van der Waals surface area (Å²) in [4.78, 5) is 11.8. The Bertz CT molecular complexity index is 472. The van der Waals surface area contributed by atoms with Crippen LogP contribution in [0, 0.1) is 29.6 Å². The zero-order valence-electron chi connectivity index (χ0n) is 12.0. The van der Waals surface area contributed by atoms with Gasteiger partial charge in [-0.25, -0.2) is 4.79 Å². The van der Waals surface area contributed by atoms with Crippen molar-refractivity contribution in [3.8, 4) is 12.3 Å². The van der Waals surface area contributed by atoms with Crippen molar-refractivity contribution in [1.29, 1.82) is 0 Å². The van der Waals surface area contributed by atoms with Gasteiger partial charge in [0.15, 0.2) is 0 Å². The van der Waals surface area contributed by atoms with Crippen LogP contribution in [0.3, 0.4) is 0 Å². The van der Waals surface area contributed by atoms with E-state index in [1.807, 2.05) is 26.8 Å². The van der Waals surface area contributed by atoms with Gasteiger partial charge in [-0.15, -0.1) is 18.9 Å². The van der Waals surface area contributed by atoms with E-state index in [0.29, 0.717) is 11.8 Å². The molecule has 0 aromatic heterocycles.